The highest BCUT2D eigenvalue weighted by Crippen LogP contribution is 2.23. The Morgan fingerprint density at radius 2 is 0.345 bits per heavy atom. The van der Waals surface area contributed by atoms with Crippen molar-refractivity contribution in [2.24, 2.45) is 94.7 Å². The first-order chi connectivity index (χ1) is 70.7. The molecule has 0 bridgehead atoms. The Labute approximate surface area is 912 Å². The maximum Gasteiger partial charge on any atom is 0.0827 e. The number of nitrogens with zero attached hydrogens (tertiary/aromatic N) is 24. The van der Waals surface area contributed by atoms with Gasteiger partial charge in [-0.15, -0.1) is 40.8 Å². The maximum absolute atomic E-state index is 4.23. The molecule has 8 aromatic heterocycles. The van der Waals surface area contributed by atoms with Gasteiger partial charge in [-0.3, -0.25) is 14.0 Å². The Morgan fingerprint density at radius 1 is 0.155 bits per heavy atom. The van der Waals surface area contributed by atoms with Gasteiger partial charge in [0.05, 0.1) is 76.5 Å². The Morgan fingerprint density at radius 3 is 0.635 bits per heavy atom. The number of hydrogen-bond donors (Lipinski definition) is 0. The van der Waals surface area contributed by atoms with E-state index in [1.807, 2.05) is 45.0 Å². The maximum atomic E-state index is 4.23. The smallest absolute Gasteiger partial charge is 0.0827 e. The lowest BCUT2D eigenvalue weighted by molar-refractivity contribution is 0.462. The molecule has 0 aliphatic carbocycles. The molecule has 0 amide bonds. The molecular formula is C124H240N24. The molecule has 856 valence electrons. The summed E-state index contributed by atoms with van der Waals surface area (Å²) < 4.78 is 16.5. The molecule has 24 nitrogen and oxygen atoms in total. The minimum absolute atomic E-state index is 0.635. The van der Waals surface area contributed by atoms with E-state index in [0.717, 1.165) is 210 Å². The fourth-order valence-electron chi connectivity index (χ4n) is 17.6. The van der Waals surface area contributed by atoms with E-state index in [-0.39, 0.29) is 0 Å². The average Bonchev–Trinajstić information content (AvgIpc) is 1.78. The number of unbranched alkanes of at least 4 members (excludes halogenated alkanes) is 17. The van der Waals surface area contributed by atoms with Gasteiger partial charge in [0.2, 0.25) is 0 Å². The van der Waals surface area contributed by atoms with E-state index in [9.17, 15) is 0 Å². The van der Waals surface area contributed by atoms with Crippen LogP contribution in [-0.4, -0.2) is 120 Å². The second-order valence-electron chi connectivity index (χ2n) is 50.5. The monoisotopic (exact) mass is 2070 g/mol. The third-order valence-electron chi connectivity index (χ3n) is 27.2. The van der Waals surface area contributed by atoms with Gasteiger partial charge >= 0.3 is 0 Å². The summed E-state index contributed by atoms with van der Waals surface area (Å²) in [6.07, 6.45) is 82.1. The van der Waals surface area contributed by atoms with Crippen molar-refractivity contribution < 1.29 is 0 Å². The zero-order valence-corrected chi connectivity index (χ0v) is 103. The summed E-state index contributed by atoms with van der Waals surface area (Å²) in [5.74, 6) is 12.6. The SMILES string of the molecule is CC(C)CCCCCCc1cnnn1CCC(C)C.CC(C)CCCCCCc1cnnn1CCC(C)C.CC(C)CCCCCCc1cnnn1CCCC(C)C.CC(C)CCCCCc1cn(CC(C)C)nn1.CC(C)CCCCCc1cnnn1CCCC(C)C.CC(C)CCCCCn1nncc1CCCCC(C)C.CC(C)CCCCc1cn(CCC(C)C)nn1.CC(C)CCCc1cn(CCCC(C)C)nn1. The van der Waals surface area contributed by atoms with Gasteiger partial charge in [0.25, 0.3) is 0 Å². The molecule has 0 spiro atoms. The second kappa shape index (κ2) is 90.5. The molecule has 0 aliphatic rings. The van der Waals surface area contributed by atoms with Gasteiger partial charge in [0, 0.05) is 70.9 Å². The molecule has 0 saturated carbocycles. The minimum atomic E-state index is 0.635. The van der Waals surface area contributed by atoms with Crippen LogP contribution in [0.2, 0.25) is 0 Å². The molecule has 0 N–H and O–H groups in total. The Bertz CT molecular complexity index is 4050. The molecular weight excluding hydrogens is 1830 g/mol. The lowest BCUT2D eigenvalue weighted by Gasteiger charge is -2.08. The summed E-state index contributed by atoms with van der Waals surface area (Å²) in [6, 6.07) is 0. The summed E-state index contributed by atoms with van der Waals surface area (Å²) in [7, 11) is 0. The molecule has 0 aromatic carbocycles. The lowest BCUT2D eigenvalue weighted by Crippen LogP contribution is -2.07. The molecule has 0 fully saturated rings. The van der Waals surface area contributed by atoms with Crippen molar-refractivity contribution in [3.63, 3.8) is 0 Å². The first-order valence-electron chi connectivity index (χ1n) is 61.7. The van der Waals surface area contributed by atoms with Crippen molar-refractivity contribution in [3.8, 4) is 0 Å². The third kappa shape index (κ3) is 83.7. The molecule has 8 aromatic rings. The summed E-state index contributed by atoms with van der Waals surface area (Å²) in [5.41, 5.74) is 10.0. The molecule has 0 aliphatic heterocycles. The van der Waals surface area contributed by atoms with Crippen LogP contribution in [-0.2, 0) is 104 Å². The van der Waals surface area contributed by atoms with Crippen LogP contribution in [0.4, 0.5) is 0 Å². The molecule has 8 heterocycles. The van der Waals surface area contributed by atoms with E-state index >= 15 is 0 Å². The quantitative estimate of drug-likeness (QED) is 0.0322. The minimum Gasteiger partial charge on any atom is -0.252 e. The molecule has 0 saturated heterocycles. The Hall–Kier alpha value is -6.88. The number of aryl methyl sites for hydroxylation is 15. The van der Waals surface area contributed by atoms with Crippen LogP contribution in [0, 0.1) is 94.7 Å². The van der Waals surface area contributed by atoms with E-state index in [0.29, 0.717) is 5.92 Å². The summed E-state index contributed by atoms with van der Waals surface area (Å²) in [6.45, 7) is 80.9. The van der Waals surface area contributed by atoms with Crippen molar-refractivity contribution in [2.75, 3.05) is 0 Å². The van der Waals surface area contributed by atoms with E-state index in [1.165, 1.54) is 311 Å². The second-order valence-corrected chi connectivity index (χ2v) is 50.5. The van der Waals surface area contributed by atoms with Crippen molar-refractivity contribution in [1.82, 2.24) is 120 Å². The van der Waals surface area contributed by atoms with Crippen LogP contribution in [0.1, 0.15) is 550 Å². The number of rotatable bonds is 76. The molecule has 24 heteroatoms. The highest BCUT2D eigenvalue weighted by molar-refractivity contribution is 4.99. The number of aromatic nitrogens is 24. The van der Waals surface area contributed by atoms with Crippen molar-refractivity contribution in [3.05, 3.63) is 95.1 Å². The van der Waals surface area contributed by atoms with Gasteiger partial charge in [0.15, 0.2) is 0 Å². The summed E-state index contributed by atoms with van der Waals surface area (Å²) >= 11 is 0. The van der Waals surface area contributed by atoms with Gasteiger partial charge in [-0.1, -0.05) is 430 Å². The van der Waals surface area contributed by atoms with E-state index in [1.54, 1.807) is 0 Å². The fourth-order valence-corrected chi connectivity index (χ4v) is 17.6. The largest absolute Gasteiger partial charge is 0.252 e. The topological polar surface area (TPSA) is 246 Å². The van der Waals surface area contributed by atoms with Crippen LogP contribution < -0.4 is 0 Å². The van der Waals surface area contributed by atoms with Crippen LogP contribution in [0.3, 0.4) is 0 Å². The van der Waals surface area contributed by atoms with Crippen molar-refractivity contribution >= 4 is 0 Å². The highest BCUT2D eigenvalue weighted by atomic mass is 15.5. The zero-order chi connectivity index (χ0) is 110. The fraction of sp³-hybridized carbons (Fsp3) is 0.871. The van der Waals surface area contributed by atoms with Crippen molar-refractivity contribution in [1.29, 1.82) is 0 Å². The molecule has 0 radical (unpaired) electrons. The van der Waals surface area contributed by atoms with Crippen LogP contribution >= 0.6 is 0 Å². The first kappa shape index (κ1) is 139. The zero-order valence-electron chi connectivity index (χ0n) is 103. The van der Waals surface area contributed by atoms with E-state index in [4.69, 9.17) is 0 Å². The highest BCUT2D eigenvalue weighted by Gasteiger charge is 2.15. The van der Waals surface area contributed by atoms with E-state index < -0.39 is 0 Å². The molecule has 148 heavy (non-hydrogen) atoms. The molecule has 8 rings (SSSR count). The summed E-state index contributed by atoms with van der Waals surface area (Å²) in [4.78, 5) is 0. The Balaban J connectivity index is 0.000000846. The lowest BCUT2D eigenvalue weighted by atomic mass is 10.0. The van der Waals surface area contributed by atoms with Gasteiger partial charge in [0.1, 0.15) is 0 Å². The number of hydrogen-bond acceptors (Lipinski definition) is 16. The van der Waals surface area contributed by atoms with Gasteiger partial charge in [-0.25, -0.2) is 23.4 Å². The van der Waals surface area contributed by atoms with E-state index in [2.05, 4.69) is 346 Å². The molecule has 0 atom stereocenters. The van der Waals surface area contributed by atoms with Crippen molar-refractivity contribution in [2.45, 2.75) is 608 Å². The summed E-state index contributed by atoms with van der Waals surface area (Å²) in [5, 5.41) is 66.5. The third-order valence-corrected chi connectivity index (χ3v) is 27.2. The van der Waals surface area contributed by atoms with Crippen LogP contribution in [0.5, 0.6) is 0 Å². The van der Waals surface area contributed by atoms with Gasteiger partial charge in [-0.2, -0.15) is 0 Å². The molecule has 0 unspecified atom stereocenters. The average molecular weight is 2070 g/mol. The standard InChI is InChI=1S/2C17H33N3.3C16H31N3.3C14H27N3/c1-15(2)10-6-5-9-13-20-17(14-18-19-20)12-8-7-11-16(3)4;1-15(2)10-7-5-6-8-12-17-14-18-19-20(17)13-9-11-16(3)4;1-14(2)9-6-5-7-11-16-13-17-18-19(16)12-8-10-15(3)4;2*1-14(2)9-7-5-6-8-10-16-13-17-18-19(16)12-11-15(3)4;1-12(2)7-5-9-14-11-17(16-15-14)10-6-8-13(3)4;1-12(2)7-5-6-8-14-11-17(16-15-14)10-9-13(3)4;1-12(2)8-6-5-7-9-14-11-17(16-15-14)10-13(3)4/h2*14-16H,5-13H2,1-4H3;3*13-15H,5-12H2,1-4H3;3*11-13H,5-10H2,1-4H3. The van der Waals surface area contributed by atoms with Gasteiger partial charge < -0.3 is 0 Å². The predicted octanol–water partition coefficient (Wildman–Crippen LogP) is 34.2. The Kier molecular flexibility index (Phi) is 85.1. The first-order valence-corrected chi connectivity index (χ1v) is 61.7. The van der Waals surface area contributed by atoms with Crippen LogP contribution in [0.25, 0.3) is 0 Å². The van der Waals surface area contributed by atoms with Crippen LogP contribution in [0.15, 0.2) is 49.6 Å². The predicted molar refractivity (Wildman–Crippen MR) is 630 cm³/mol. The normalized spacial score (nSPS) is 11.7. The van der Waals surface area contributed by atoms with Gasteiger partial charge in [-0.05, 0) is 262 Å².